The van der Waals surface area contributed by atoms with Crippen LogP contribution in [-0.4, -0.2) is 38.8 Å². The summed E-state index contributed by atoms with van der Waals surface area (Å²) in [5.74, 6) is 0.0948. The third-order valence-electron chi connectivity index (χ3n) is 5.02. The molecule has 0 unspecified atom stereocenters. The zero-order chi connectivity index (χ0) is 24.0. The van der Waals surface area contributed by atoms with Gasteiger partial charge in [0.1, 0.15) is 5.75 Å². The van der Waals surface area contributed by atoms with E-state index in [2.05, 4.69) is 5.32 Å². The van der Waals surface area contributed by atoms with Crippen molar-refractivity contribution in [2.45, 2.75) is 18.2 Å². The maximum atomic E-state index is 13.5. The molecule has 33 heavy (non-hydrogen) atoms. The van der Waals surface area contributed by atoms with Crippen molar-refractivity contribution in [1.82, 2.24) is 4.31 Å². The second-order valence-electron chi connectivity index (χ2n) is 7.38. The fourth-order valence-corrected chi connectivity index (χ4v) is 5.06. The fraction of sp³-hybridized carbons (Fsp3) is 0.208. The number of carbonyl (C=O) groups is 1. The number of anilines is 1. The van der Waals surface area contributed by atoms with Crippen LogP contribution in [0.4, 0.5) is 5.69 Å². The van der Waals surface area contributed by atoms with E-state index in [1.807, 2.05) is 30.3 Å². The van der Waals surface area contributed by atoms with Crippen LogP contribution < -0.4 is 10.1 Å². The zero-order valence-electron chi connectivity index (χ0n) is 18.2. The molecule has 6 nitrogen and oxygen atoms in total. The Bertz CT molecular complexity index is 1230. The highest BCUT2D eigenvalue weighted by Gasteiger charge is 2.27. The molecule has 0 bridgehead atoms. The van der Waals surface area contributed by atoms with Gasteiger partial charge in [0.25, 0.3) is 0 Å². The highest BCUT2D eigenvalue weighted by atomic mass is 35.5. The zero-order valence-corrected chi connectivity index (χ0v) is 20.5. The molecule has 9 heteroatoms. The van der Waals surface area contributed by atoms with Crippen LogP contribution in [0.5, 0.6) is 5.75 Å². The summed E-state index contributed by atoms with van der Waals surface area (Å²) in [7, 11) is -2.43. The van der Waals surface area contributed by atoms with Gasteiger partial charge >= 0.3 is 0 Å². The molecule has 0 aromatic heterocycles. The Kier molecular flexibility index (Phi) is 8.37. The molecule has 174 valence electrons. The molecule has 3 aromatic rings. The summed E-state index contributed by atoms with van der Waals surface area (Å²) in [5, 5.41) is 3.33. The van der Waals surface area contributed by atoms with E-state index in [0.29, 0.717) is 28.4 Å². The molecule has 3 rings (SSSR count). The number of hydrogen-bond donors (Lipinski definition) is 1. The number of hydrogen-bond acceptors (Lipinski definition) is 4. The van der Waals surface area contributed by atoms with E-state index in [1.54, 1.807) is 31.2 Å². The van der Waals surface area contributed by atoms with E-state index in [4.69, 9.17) is 27.9 Å². The number of benzene rings is 3. The first kappa shape index (κ1) is 25.1. The number of nitrogens with zero attached hydrogens (tertiary/aromatic N) is 1. The van der Waals surface area contributed by atoms with E-state index in [-0.39, 0.29) is 23.0 Å². The van der Waals surface area contributed by atoms with Crippen LogP contribution in [0.25, 0.3) is 0 Å². The number of methoxy groups -OCH3 is 1. The molecule has 1 N–H and O–H groups in total. The van der Waals surface area contributed by atoms with Gasteiger partial charge in [0, 0.05) is 12.2 Å². The first-order chi connectivity index (χ1) is 15.7. The maximum absolute atomic E-state index is 13.5. The fourth-order valence-electron chi connectivity index (χ4n) is 3.28. The predicted octanol–water partition coefficient (Wildman–Crippen LogP) is 5.18. The predicted molar refractivity (Wildman–Crippen MR) is 132 cm³/mol. The lowest BCUT2D eigenvalue weighted by Crippen LogP contribution is -2.39. The minimum Gasteiger partial charge on any atom is -0.496 e. The van der Waals surface area contributed by atoms with Crippen LogP contribution in [0.15, 0.2) is 71.6 Å². The third-order valence-corrected chi connectivity index (χ3v) is 7.60. The van der Waals surface area contributed by atoms with Crippen molar-refractivity contribution >= 4 is 44.8 Å². The molecule has 0 atom stereocenters. The van der Waals surface area contributed by atoms with Crippen LogP contribution in [0, 0.1) is 6.92 Å². The molecule has 0 aliphatic heterocycles. The van der Waals surface area contributed by atoms with Crippen LogP contribution in [0.1, 0.15) is 11.1 Å². The summed E-state index contributed by atoms with van der Waals surface area (Å²) >= 11 is 11.9. The lowest BCUT2D eigenvalue weighted by Gasteiger charge is -2.22. The number of aryl methyl sites for hydroxylation is 1. The molecule has 0 spiro atoms. The first-order valence-electron chi connectivity index (χ1n) is 10.1. The quantitative estimate of drug-likeness (QED) is 0.433. The van der Waals surface area contributed by atoms with Crippen molar-refractivity contribution in [3.8, 4) is 5.75 Å². The first-order valence-corrected chi connectivity index (χ1v) is 12.3. The summed E-state index contributed by atoms with van der Waals surface area (Å²) in [6.45, 7) is 1.54. The number of amides is 1. The van der Waals surface area contributed by atoms with Gasteiger partial charge in [-0.25, -0.2) is 8.42 Å². The highest BCUT2D eigenvalue weighted by molar-refractivity contribution is 7.89. The molecule has 0 fully saturated rings. The Morgan fingerprint density at radius 2 is 1.73 bits per heavy atom. The molecular weight excluding hydrogens is 483 g/mol. The van der Waals surface area contributed by atoms with Crippen LogP contribution >= 0.6 is 23.2 Å². The minimum atomic E-state index is -3.95. The molecule has 1 amide bonds. The molecule has 0 saturated heterocycles. The van der Waals surface area contributed by atoms with Gasteiger partial charge in [-0.05, 0) is 60.9 Å². The SMILES string of the molecule is COc1ccc(S(=O)(=O)N(CCc2ccccc2)CC(=O)Nc2ccc(Cl)c(Cl)c2)cc1C. The monoisotopic (exact) mass is 506 g/mol. The normalized spacial score (nSPS) is 11.4. The van der Waals surface area contributed by atoms with Crippen molar-refractivity contribution in [3.63, 3.8) is 0 Å². The van der Waals surface area contributed by atoms with Gasteiger partial charge < -0.3 is 10.1 Å². The largest absolute Gasteiger partial charge is 0.496 e. The third kappa shape index (κ3) is 6.48. The maximum Gasteiger partial charge on any atom is 0.243 e. The second-order valence-corrected chi connectivity index (χ2v) is 10.1. The van der Waals surface area contributed by atoms with Crippen LogP contribution in [-0.2, 0) is 21.2 Å². The molecule has 0 radical (unpaired) electrons. The lowest BCUT2D eigenvalue weighted by molar-refractivity contribution is -0.116. The van der Waals surface area contributed by atoms with E-state index in [1.165, 1.54) is 23.5 Å². The van der Waals surface area contributed by atoms with Crippen LogP contribution in [0.2, 0.25) is 10.0 Å². The summed E-state index contributed by atoms with van der Waals surface area (Å²) in [6, 6.07) is 18.8. The Morgan fingerprint density at radius 3 is 2.36 bits per heavy atom. The minimum absolute atomic E-state index is 0.0937. The highest BCUT2D eigenvalue weighted by Crippen LogP contribution is 2.26. The van der Waals surface area contributed by atoms with E-state index in [9.17, 15) is 13.2 Å². The van der Waals surface area contributed by atoms with Crippen molar-refractivity contribution in [1.29, 1.82) is 0 Å². The van der Waals surface area contributed by atoms with Gasteiger partial charge in [0.2, 0.25) is 15.9 Å². The average Bonchev–Trinajstić information content (AvgIpc) is 2.79. The molecule has 3 aromatic carbocycles. The number of carbonyl (C=O) groups excluding carboxylic acids is 1. The molecular formula is C24H24Cl2N2O4S. The van der Waals surface area contributed by atoms with Crippen molar-refractivity contribution < 1.29 is 17.9 Å². The van der Waals surface area contributed by atoms with Gasteiger partial charge in [-0.15, -0.1) is 0 Å². The van der Waals surface area contributed by atoms with Gasteiger partial charge in [-0.1, -0.05) is 53.5 Å². The Morgan fingerprint density at radius 1 is 1.00 bits per heavy atom. The molecule has 0 saturated carbocycles. The Hall–Kier alpha value is -2.58. The topological polar surface area (TPSA) is 75.7 Å². The van der Waals surface area contributed by atoms with E-state index >= 15 is 0 Å². The van der Waals surface area contributed by atoms with E-state index in [0.717, 1.165) is 5.56 Å². The van der Waals surface area contributed by atoms with Crippen LogP contribution in [0.3, 0.4) is 0 Å². The van der Waals surface area contributed by atoms with Gasteiger partial charge in [0.15, 0.2) is 0 Å². The molecule has 0 heterocycles. The average molecular weight is 507 g/mol. The summed E-state index contributed by atoms with van der Waals surface area (Å²) in [4.78, 5) is 12.9. The summed E-state index contributed by atoms with van der Waals surface area (Å²) in [6.07, 6.45) is 0.454. The molecule has 0 aliphatic carbocycles. The van der Waals surface area contributed by atoms with Gasteiger partial charge in [-0.3, -0.25) is 4.79 Å². The Labute approximate surface area is 204 Å². The smallest absolute Gasteiger partial charge is 0.243 e. The number of sulfonamides is 1. The summed E-state index contributed by atoms with van der Waals surface area (Å²) < 4.78 is 33.3. The standard InChI is InChI=1S/C24H24Cl2N2O4S/c1-17-14-20(9-11-23(17)32-2)33(30,31)28(13-12-18-6-4-3-5-7-18)16-24(29)27-19-8-10-21(25)22(26)15-19/h3-11,14-15H,12-13,16H2,1-2H3,(H,27,29). The lowest BCUT2D eigenvalue weighted by atomic mass is 10.1. The molecule has 0 aliphatic rings. The van der Waals surface area contributed by atoms with Gasteiger partial charge in [0.05, 0.1) is 28.6 Å². The van der Waals surface area contributed by atoms with Crippen molar-refractivity contribution in [2.24, 2.45) is 0 Å². The summed E-state index contributed by atoms with van der Waals surface area (Å²) in [5.41, 5.74) is 2.07. The number of halogens is 2. The second kappa shape index (κ2) is 11.0. The van der Waals surface area contributed by atoms with E-state index < -0.39 is 15.9 Å². The number of nitrogens with one attached hydrogen (secondary N) is 1. The van der Waals surface area contributed by atoms with Crippen molar-refractivity contribution in [3.05, 3.63) is 87.9 Å². The van der Waals surface area contributed by atoms with Gasteiger partial charge in [-0.2, -0.15) is 4.31 Å². The number of ether oxygens (including phenoxy) is 1. The number of rotatable bonds is 9. The van der Waals surface area contributed by atoms with Crippen molar-refractivity contribution in [2.75, 3.05) is 25.5 Å². The Balaban J connectivity index is 1.85.